The minimum atomic E-state index is -2.94. The molecule has 0 spiro atoms. The number of alkyl carbamates (subject to hydrolysis) is 2. The Morgan fingerprint density at radius 2 is 1.78 bits per heavy atom. The molecule has 4 aliphatic rings. The Balaban J connectivity index is 0.973. The second-order valence-electron chi connectivity index (χ2n) is 17.4. The maximum absolute atomic E-state index is 14.0. The number of likely N-dealkylation sites (tertiary alicyclic amines) is 1. The zero-order chi connectivity index (χ0) is 44.3. The number of rotatable bonds is 10. The van der Waals surface area contributed by atoms with Crippen LogP contribution >= 0.6 is 0 Å². The van der Waals surface area contributed by atoms with Gasteiger partial charge in [-0.25, -0.2) is 19.6 Å². The number of imidazole rings is 2. The maximum atomic E-state index is 14.0. The van der Waals surface area contributed by atoms with Gasteiger partial charge >= 0.3 is 18.8 Å². The predicted molar refractivity (Wildman–Crippen MR) is 225 cm³/mol. The van der Waals surface area contributed by atoms with Gasteiger partial charge < -0.3 is 49.3 Å². The van der Waals surface area contributed by atoms with Crippen LogP contribution in [0.15, 0.2) is 48.7 Å². The number of hydrogen-bond acceptors (Lipinski definition) is 10. The highest BCUT2D eigenvalue weighted by atomic mass is 19.3. The van der Waals surface area contributed by atoms with E-state index in [0.717, 1.165) is 63.5 Å². The molecular formula is C45H50F2N8O8. The lowest BCUT2D eigenvalue weighted by atomic mass is 9.88. The van der Waals surface area contributed by atoms with Gasteiger partial charge in [-0.1, -0.05) is 39.0 Å². The van der Waals surface area contributed by atoms with E-state index in [-0.39, 0.29) is 48.9 Å². The molecule has 7 atom stereocenters. The van der Waals surface area contributed by atoms with E-state index < -0.39 is 42.8 Å². The molecule has 63 heavy (non-hydrogen) atoms. The highest BCUT2D eigenvalue weighted by Crippen LogP contribution is 2.45. The molecule has 0 saturated carbocycles. The molecule has 0 aliphatic carbocycles. The second-order valence-corrected chi connectivity index (χ2v) is 17.4. The number of carbonyl (C=O) groups excluding carboxylic acids is 4. The van der Waals surface area contributed by atoms with E-state index in [2.05, 4.69) is 43.5 Å². The normalized spacial score (nSPS) is 23.4. The first kappa shape index (κ1) is 42.0. The number of aromatic amines is 2. The fourth-order valence-electron chi connectivity index (χ4n) is 10.00. The molecular weight excluding hydrogens is 819 g/mol. The summed E-state index contributed by atoms with van der Waals surface area (Å²) in [5, 5.41) is 7.15. The van der Waals surface area contributed by atoms with Crippen LogP contribution in [0.3, 0.4) is 0 Å². The van der Waals surface area contributed by atoms with Crippen molar-refractivity contribution in [3.63, 3.8) is 0 Å². The number of aromatic nitrogens is 4. The van der Waals surface area contributed by atoms with Crippen LogP contribution < -0.4 is 15.4 Å². The number of alkyl halides is 2. The van der Waals surface area contributed by atoms with Gasteiger partial charge in [0.2, 0.25) is 11.8 Å². The van der Waals surface area contributed by atoms with Crippen LogP contribution in [0.25, 0.3) is 44.2 Å². The molecule has 332 valence electrons. The number of carbonyl (C=O) groups is 4. The Labute approximate surface area is 361 Å². The molecule has 4 aliphatic heterocycles. The van der Waals surface area contributed by atoms with Gasteiger partial charge in [-0.15, -0.1) is 0 Å². The standard InChI is InChI=1S/C45H50F2N8O8/c1-21(2)36(52-44(58)60-4)41(56)54-18-23(19-63-43(46)47)13-34(54)40-49-31-10-7-24-15-30-28-9-6-25(14-26(28)20-62-35(30)16-29(24)38(31)51-40)32-17-48-39(50-32)33-11-8-27-12-22(3)37(42(57)55(27)33)53-45(59)61-5/h6-7,9-10,14-17,21-23,27,33-34,36-37,43H,8,11-13,18-20H2,1-5H3,(H,48,50)(H,49,51)(H,52,58)(H,53,59)/t22?,23-,27+,33-,34-,36-,37-/m0/s1. The van der Waals surface area contributed by atoms with Crippen LogP contribution in [0.5, 0.6) is 5.75 Å². The molecule has 6 heterocycles. The number of benzene rings is 3. The van der Waals surface area contributed by atoms with E-state index in [0.29, 0.717) is 35.9 Å². The molecule has 5 aromatic rings. The van der Waals surface area contributed by atoms with Crippen LogP contribution in [-0.2, 0) is 30.4 Å². The SMILES string of the molecule is COC(=O)N[C@H](C(=O)N1C[C@@H](COC(F)F)C[C@H]1c1nc2ccc3cc4c(cc3c2[nH]1)OCc1cc(-c2cnc([C@@H]3CC[C@@H]5CC(C)[C@H](NC(=O)OC)C(=O)N53)[nH]2)ccc1-4)C(C)C. The van der Waals surface area contributed by atoms with Gasteiger partial charge in [-0.3, -0.25) is 9.59 Å². The van der Waals surface area contributed by atoms with Gasteiger partial charge in [0.25, 0.3) is 0 Å². The number of fused-ring (bicyclic) bond motifs is 7. The molecule has 2 aromatic heterocycles. The Hall–Kier alpha value is -6.30. The van der Waals surface area contributed by atoms with E-state index in [1.54, 1.807) is 24.9 Å². The fraction of sp³-hybridized carbons (Fsp3) is 0.467. The summed E-state index contributed by atoms with van der Waals surface area (Å²) >= 11 is 0. The zero-order valence-corrected chi connectivity index (χ0v) is 35.6. The van der Waals surface area contributed by atoms with Crippen LogP contribution in [0.1, 0.15) is 75.8 Å². The van der Waals surface area contributed by atoms with Gasteiger partial charge in [-0.05, 0) is 83.9 Å². The second kappa shape index (κ2) is 16.8. The summed E-state index contributed by atoms with van der Waals surface area (Å²) in [6.07, 6.45) is 3.15. The summed E-state index contributed by atoms with van der Waals surface area (Å²) in [6, 6.07) is 11.8. The van der Waals surface area contributed by atoms with Crippen LogP contribution in [0.4, 0.5) is 18.4 Å². The summed E-state index contributed by atoms with van der Waals surface area (Å²) < 4.78 is 46.8. The van der Waals surface area contributed by atoms with Crippen molar-refractivity contribution in [2.75, 3.05) is 27.4 Å². The van der Waals surface area contributed by atoms with Gasteiger partial charge in [0, 0.05) is 29.5 Å². The third kappa shape index (κ3) is 7.78. The van der Waals surface area contributed by atoms with Gasteiger partial charge in [0.05, 0.1) is 55.8 Å². The quantitative estimate of drug-likeness (QED) is 0.114. The van der Waals surface area contributed by atoms with Crippen molar-refractivity contribution in [1.29, 1.82) is 0 Å². The van der Waals surface area contributed by atoms with Crippen molar-refractivity contribution >= 4 is 45.8 Å². The van der Waals surface area contributed by atoms with Crippen LogP contribution in [0, 0.1) is 17.8 Å². The maximum Gasteiger partial charge on any atom is 0.407 e. The number of amides is 4. The van der Waals surface area contributed by atoms with E-state index >= 15 is 0 Å². The molecule has 18 heteroatoms. The number of piperidine rings is 1. The highest BCUT2D eigenvalue weighted by molar-refractivity contribution is 6.07. The first-order chi connectivity index (χ1) is 30.3. The number of H-pyrrole nitrogens is 2. The number of hydrogen-bond donors (Lipinski definition) is 4. The molecule has 3 saturated heterocycles. The third-order valence-electron chi connectivity index (χ3n) is 13.1. The lowest BCUT2D eigenvalue weighted by Gasteiger charge is -2.41. The monoisotopic (exact) mass is 868 g/mol. The molecule has 3 fully saturated rings. The van der Waals surface area contributed by atoms with Crippen LogP contribution in [-0.4, -0.2) is 106 Å². The number of methoxy groups -OCH3 is 2. The Kier molecular flexibility index (Phi) is 11.2. The van der Waals surface area contributed by atoms with Crippen molar-refractivity contribution in [2.24, 2.45) is 17.8 Å². The summed E-state index contributed by atoms with van der Waals surface area (Å²) in [6.45, 7) is 2.87. The predicted octanol–water partition coefficient (Wildman–Crippen LogP) is 6.97. The van der Waals surface area contributed by atoms with E-state index in [1.807, 2.05) is 36.1 Å². The first-order valence-corrected chi connectivity index (χ1v) is 21.3. The molecule has 3 aromatic carbocycles. The molecule has 4 N–H and O–H groups in total. The minimum absolute atomic E-state index is 0.0157. The van der Waals surface area contributed by atoms with Crippen molar-refractivity contribution < 1.29 is 46.9 Å². The van der Waals surface area contributed by atoms with E-state index in [1.165, 1.54) is 14.2 Å². The van der Waals surface area contributed by atoms with Gasteiger partial charge in [0.1, 0.15) is 36.1 Å². The van der Waals surface area contributed by atoms with Crippen LogP contribution in [0.2, 0.25) is 0 Å². The van der Waals surface area contributed by atoms with E-state index in [9.17, 15) is 28.0 Å². The number of nitrogens with one attached hydrogen (secondary N) is 4. The third-order valence-corrected chi connectivity index (χ3v) is 13.1. The van der Waals surface area contributed by atoms with Crippen molar-refractivity contribution in [1.82, 2.24) is 40.4 Å². The van der Waals surface area contributed by atoms with Crippen molar-refractivity contribution in [3.8, 4) is 28.1 Å². The Morgan fingerprint density at radius 1 is 0.968 bits per heavy atom. The van der Waals surface area contributed by atoms with Crippen molar-refractivity contribution in [2.45, 2.75) is 89.9 Å². The Bertz CT molecular complexity index is 2600. The van der Waals surface area contributed by atoms with Gasteiger partial charge in [-0.2, -0.15) is 8.78 Å². The lowest BCUT2D eigenvalue weighted by Crippen LogP contribution is -2.58. The summed E-state index contributed by atoms with van der Waals surface area (Å²) in [4.78, 5) is 72.0. The molecule has 0 bridgehead atoms. The van der Waals surface area contributed by atoms with Crippen molar-refractivity contribution in [3.05, 3.63) is 65.9 Å². The molecule has 0 radical (unpaired) electrons. The zero-order valence-electron chi connectivity index (χ0n) is 35.6. The summed E-state index contributed by atoms with van der Waals surface area (Å²) in [5.41, 5.74) is 6.09. The van der Waals surface area contributed by atoms with E-state index in [4.69, 9.17) is 24.2 Å². The smallest absolute Gasteiger partial charge is 0.407 e. The first-order valence-electron chi connectivity index (χ1n) is 21.3. The number of ether oxygens (including phenoxy) is 4. The largest absolute Gasteiger partial charge is 0.488 e. The molecule has 9 rings (SSSR count). The number of halogens is 2. The molecule has 1 unspecified atom stereocenters. The Morgan fingerprint density at radius 3 is 2.54 bits per heavy atom. The molecule has 16 nitrogen and oxygen atoms in total. The summed E-state index contributed by atoms with van der Waals surface area (Å²) in [5.74, 6) is 0.704. The fourth-order valence-corrected chi connectivity index (χ4v) is 10.00. The minimum Gasteiger partial charge on any atom is -0.488 e. The topological polar surface area (TPSA) is 193 Å². The van der Waals surface area contributed by atoms with Gasteiger partial charge in [0.15, 0.2) is 0 Å². The lowest BCUT2D eigenvalue weighted by molar-refractivity contribution is -0.142. The highest BCUT2D eigenvalue weighted by Gasteiger charge is 2.48. The number of nitrogens with zero attached hydrogens (tertiary/aromatic N) is 4. The molecule has 4 amide bonds. The average molecular weight is 869 g/mol. The average Bonchev–Trinajstić information content (AvgIpc) is 4.10. The summed E-state index contributed by atoms with van der Waals surface area (Å²) in [7, 11) is 2.51.